The summed E-state index contributed by atoms with van der Waals surface area (Å²) in [4.78, 5) is 34.3. The van der Waals surface area contributed by atoms with Gasteiger partial charge in [-0.25, -0.2) is 9.97 Å². The van der Waals surface area contributed by atoms with E-state index in [0.717, 1.165) is 3.57 Å². The van der Waals surface area contributed by atoms with Crippen molar-refractivity contribution in [3.8, 4) is 5.75 Å². The molecule has 146 valence electrons. The van der Waals surface area contributed by atoms with Gasteiger partial charge in [0, 0.05) is 15.1 Å². The van der Waals surface area contributed by atoms with Gasteiger partial charge >= 0.3 is 0 Å². The Kier molecular flexibility index (Phi) is 5.86. The van der Waals surface area contributed by atoms with Crippen LogP contribution in [0.1, 0.15) is 5.82 Å². The van der Waals surface area contributed by atoms with Crippen molar-refractivity contribution in [2.24, 2.45) is 0 Å². The Morgan fingerprint density at radius 2 is 2.00 bits per heavy atom. The van der Waals surface area contributed by atoms with E-state index in [1.807, 2.05) is 36.4 Å². The van der Waals surface area contributed by atoms with Gasteiger partial charge in [-0.1, -0.05) is 24.3 Å². The van der Waals surface area contributed by atoms with Gasteiger partial charge in [0.1, 0.15) is 18.9 Å². The van der Waals surface area contributed by atoms with E-state index >= 15 is 0 Å². The SMILES string of the molecule is O=C(Cn1c(COc2ccccc2)nc2c(I)cccc2c1=O)Nc1nccs1. The van der Waals surface area contributed by atoms with E-state index in [4.69, 9.17) is 4.74 Å². The molecule has 7 nitrogen and oxygen atoms in total. The van der Waals surface area contributed by atoms with Crippen LogP contribution in [0.3, 0.4) is 0 Å². The van der Waals surface area contributed by atoms with Crippen molar-refractivity contribution in [1.29, 1.82) is 0 Å². The predicted octanol–water partition coefficient (Wildman–Crippen LogP) is 3.68. The summed E-state index contributed by atoms with van der Waals surface area (Å²) in [5.41, 5.74) is 0.316. The summed E-state index contributed by atoms with van der Waals surface area (Å²) in [6.45, 7) is -0.120. The molecule has 1 amide bonds. The molecule has 2 aromatic heterocycles. The van der Waals surface area contributed by atoms with Gasteiger partial charge in [0.2, 0.25) is 5.91 Å². The Hall–Kier alpha value is -2.79. The number of para-hydroxylation sites is 2. The van der Waals surface area contributed by atoms with Gasteiger partial charge in [-0.3, -0.25) is 14.2 Å². The zero-order chi connectivity index (χ0) is 20.2. The third-order valence-corrected chi connectivity index (χ3v) is 5.67. The quantitative estimate of drug-likeness (QED) is 0.394. The maximum atomic E-state index is 13.1. The van der Waals surface area contributed by atoms with Crippen LogP contribution in [0.5, 0.6) is 5.75 Å². The molecule has 4 aromatic rings. The number of hydrogen-bond donors (Lipinski definition) is 1. The Morgan fingerprint density at radius 1 is 1.17 bits per heavy atom. The fourth-order valence-corrected chi connectivity index (χ4v) is 3.94. The van der Waals surface area contributed by atoms with Crippen molar-refractivity contribution >= 4 is 55.9 Å². The van der Waals surface area contributed by atoms with Gasteiger partial charge < -0.3 is 10.1 Å². The zero-order valence-corrected chi connectivity index (χ0v) is 18.0. The molecule has 0 aliphatic heterocycles. The van der Waals surface area contributed by atoms with Crippen LogP contribution in [-0.4, -0.2) is 20.4 Å². The highest BCUT2D eigenvalue weighted by molar-refractivity contribution is 14.1. The molecular formula is C20H15IN4O3S. The van der Waals surface area contributed by atoms with Gasteiger partial charge in [0.15, 0.2) is 11.0 Å². The minimum atomic E-state index is -0.352. The minimum absolute atomic E-state index is 0.0602. The molecule has 0 spiro atoms. The number of aromatic nitrogens is 3. The number of carbonyl (C=O) groups is 1. The first kappa shape index (κ1) is 19.5. The molecule has 2 heterocycles. The molecule has 4 rings (SSSR count). The highest BCUT2D eigenvalue weighted by Crippen LogP contribution is 2.18. The standard InChI is InChI=1S/C20H15IN4O3S/c21-15-8-4-7-14-18(15)23-16(12-28-13-5-2-1-3-6-13)25(19(14)27)11-17(26)24-20-22-9-10-29-20/h1-10H,11-12H2,(H,22,24,26). The predicted molar refractivity (Wildman–Crippen MR) is 120 cm³/mol. The number of amides is 1. The van der Waals surface area contributed by atoms with Crippen LogP contribution in [0.15, 0.2) is 64.9 Å². The van der Waals surface area contributed by atoms with Crippen LogP contribution in [0.4, 0.5) is 5.13 Å². The molecule has 9 heteroatoms. The molecule has 2 aromatic carbocycles. The molecule has 0 saturated heterocycles. The first-order valence-electron chi connectivity index (χ1n) is 8.67. The van der Waals surface area contributed by atoms with Crippen LogP contribution in [0.25, 0.3) is 10.9 Å². The number of rotatable bonds is 6. The van der Waals surface area contributed by atoms with Crippen molar-refractivity contribution in [1.82, 2.24) is 14.5 Å². The Balaban J connectivity index is 1.70. The van der Waals surface area contributed by atoms with Crippen molar-refractivity contribution in [3.05, 3.63) is 79.9 Å². The lowest BCUT2D eigenvalue weighted by atomic mass is 10.2. The normalized spacial score (nSPS) is 10.8. The van der Waals surface area contributed by atoms with Crippen LogP contribution < -0.4 is 15.6 Å². The third-order valence-electron chi connectivity index (χ3n) is 4.11. The number of nitrogens with one attached hydrogen (secondary N) is 1. The highest BCUT2D eigenvalue weighted by atomic mass is 127. The van der Waals surface area contributed by atoms with Crippen molar-refractivity contribution in [2.45, 2.75) is 13.2 Å². The zero-order valence-electron chi connectivity index (χ0n) is 15.0. The maximum absolute atomic E-state index is 13.1. The first-order valence-corrected chi connectivity index (χ1v) is 10.6. The second-order valence-corrected chi connectivity index (χ2v) is 8.10. The summed E-state index contributed by atoms with van der Waals surface area (Å²) < 4.78 is 8.01. The maximum Gasteiger partial charge on any atom is 0.262 e. The minimum Gasteiger partial charge on any atom is -0.486 e. The largest absolute Gasteiger partial charge is 0.486 e. The van der Waals surface area contributed by atoms with Gasteiger partial charge in [-0.05, 0) is 46.9 Å². The Morgan fingerprint density at radius 3 is 2.76 bits per heavy atom. The summed E-state index contributed by atoms with van der Waals surface area (Å²) in [5.74, 6) is 0.683. The summed E-state index contributed by atoms with van der Waals surface area (Å²) in [6.07, 6.45) is 1.60. The number of hydrogen-bond acceptors (Lipinski definition) is 6. The fourth-order valence-electron chi connectivity index (χ4n) is 2.78. The van der Waals surface area contributed by atoms with Gasteiger partial charge in [-0.15, -0.1) is 11.3 Å². The lowest BCUT2D eigenvalue weighted by Crippen LogP contribution is -2.32. The number of thiazole rings is 1. The molecule has 0 aliphatic carbocycles. The van der Waals surface area contributed by atoms with Gasteiger partial charge in [0.05, 0.1) is 10.9 Å². The third kappa shape index (κ3) is 4.46. The van der Waals surface area contributed by atoms with E-state index in [9.17, 15) is 9.59 Å². The number of carbonyl (C=O) groups excluding carboxylic acids is 1. The highest BCUT2D eigenvalue weighted by Gasteiger charge is 2.16. The summed E-state index contributed by atoms with van der Waals surface area (Å²) >= 11 is 3.46. The Bertz CT molecular complexity index is 1210. The van der Waals surface area contributed by atoms with E-state index in [1.54, 1.807) is 23.7 Å². The number of anilines is 1. The smallest absolute Gasteiger partial charge is 0.262 e. The molecule has 0 aliphatic rings. The topological polar surface area (TPSA) is 86.1 Å². The fraction of sp³-hybridized carbons (Fsp3) is 0.100. The van der Waals surface area contributed by atoms with Crippen LogP contribution in [-0.2, 0) is 17.9 Å². The molecular weight excluding hydrogens is 503 g/mol. The monoisotopic (exact) mass is 518 g/mol. The van der Waals surface area contributed by atoms with E-state index in [2.05, 4.69) is 37.9 Å². The van der Waals surface area contributed by atoms with Gasteiger partial charge in [0.25, 0.3) is 5.56 Å². The summed E-state index contributed by atoms with van der Waals surface area (Å²) in [6, 6.07) is 14.7. The second kappa shape index (κ2) is 8.70. The molecule has 0 bridgehead atoms. The van der Waals surface area contributed by atoms with Crippen molar-refractivity contribution < 1.29 is 9.53 Å². The first-order chi connectivity index (χ1) is 14.1. The summed E-state index contributed by atoms with van der Waals surface area (Å²) in [7, 11) is 0. The van der Waals surface area contributed by atoms with Crippen LogP contribution >= 0.6 is 33.9 Å². The van der Waals surface area contributed by atoms with Crippen LogP contribution in [0, 0.1) is 3.57 Å². The number of benzene rings is 2. The van der Waals surface area contributed by atoms with Crippen molar-refractivity contribution in [2.75, 3.05) is 5.32 Å². The molecule has 1 N–H and O–H groups in total. The summed E-state index contributed by atoms with van der Waals surface area (Å²) in [5, 5.41) is 5.40. The molecule has 0 fully saturated rings. The van der Waals surface area contributed by atoms with E-state index in [0.29, 0.717) is 27.6 Å². The van der Waals surface area contributed by atoms with E-state index < -0.39 is 0 Å². The number of halogens is 1. The molecule has 0 unspecified atom stereocenters. The Labute approximate surface area is 183 Å². The number of ether oxygens (including phenoxy) is 1. The van der Waals surface area contributed by atoms with E-state index in [-0.39, 0.29) is 24.6 Å². The lowest BCUT2D eigenvalue weighted by molar-refractivity contribution is -0.116. The second-order valence-electron chi connectivity index (χ2n) is 6.04. The lowest BCUT2D eigenvalue weighted by Gasteiger charge is -2.14. The number of fused-ring (bicyclic) bond motifs is 1. The molecule has 0 saturated carbocycles. The average Bonchev–Trinajstić information content (AvgIpc) is 3.23. The van der Waals surface area contributed by atoms with Crippen LogP contribution in [0.2, 0.25) is 0 Å². The molecule has 0 radical (unpaired) electrons. The van der Waals surface area contributed by atoms with Gasteiger partial charge in [-0.2, -0.15) is 0 Å². The number of nitrogens with zero attached hydrogens (tertiary/aromatic N) is 3. The van der Waals surface area contributed by atoms with E-state index in [1.165, 1.54) is 15.9 Å². The van der Waals surface area contributed by atoms with Crippen molar-refractivity contribution in [3.63, 3.8) is 0 Å². The molecule has 29 heavy (non-hydrogen) atoms. The average molecular weight is 518 g/mol. The molecule has 0 atom stereocenters.